The molecule has 1 aliphatic rings. The summed E-state index contributed by atoms with van der Waals surface area (Å²) in [5.74, 6) is 0. The van der Waals surface area contributed by atoms with E-state index in [0.29, 0.717) is 13.0 Å². The number of rotatable bonds is 1. The fourth-order valence-electron chi connectivity index (χ4n) is 2.48. The van der Waals surface area contributed by atoms with Crippen LogP contribution < -0.4 is 0 Å². The molecular formula is C15H20N2O4. The number of carbonyl (C=O) groups excluding carboxylic acids is 1. The van der Waals surface area contributed by atoms with Crippen LogP contribution in [0, 0.1) is 10.1 Å². The number of hydrogen-bond donors (Lipinski definition) is 0. The fourth-order valence-corrected chi connectivity index (χ4v) is 2.48. The van der Waals surface area contributed by atoms with Crippen LogP contribution in [0.4, 0.5) is 10.5 Å². The van der Waals surface area contributed by atoms with Crippen LogP contribution in [-0.2, 0) is 11.2 Å². The van der Waals surface area contributed by atoms with Gasteiger partial charge in [-0.25, -0.2) is 4.79 Å². The third kappa shape index (κ3) is 3.32. The molecule has 2 rings (SSSR count). The topological polar surface area (TPSA) is 72.7 Å². The van der Waals surface area contributed by atoms with E-state index in [9.17, 15) is 14.9 Å². The Labute approximate surface area is 123 Å². The first kappa shape index (κ1) is 15.3. The summed E-state index contributed by atoms with van der Waals surface area (Å²) in [6.45, 7) is 7.88. The van der Waals surface area contributed by atoms with E-state index in [4.69, 9.17) is 4.74 Å². The van der Waals surface area contributed by atoms with Crippen LogP contribution in [0.1, 0.15) is 44.9 Å². The summed E-state index contributed by atoms with van der Waals surface area (Å²) in [4.78, 5) is 24.3. The zero-order valence-corrected chi connectivity index (χ0v) is 12.8. The average Bonchev–Trinajstić information content (AvgIpc) is 2.36. The molecule has 114 valence electrons. The van der Waals surface area contributed by atoms with Crippen molar-refractivity contribution < 1.29 is 14.5 Å². The number of hydrogen-bond acceptors (Lipinski definition) is 4. The third-order valence-electron chi connectivity index (χ3n) is 3.51. The molecule has 6 heteroatoms. The molecule has 0 saturated heterocycles. The summed E-state index contributed by atoms with van der Waals surface area (Å²) in [5.41, 5.74) is 1.36. The van der Waals surface area contributed by atoms with Gasteiger partial charge in [-0.05, 0) is 45.2 Å². The van der Waals surface area contributed by atoms with Gasteiger partial charge < -0.3 is 9.64 Å². The number of nitrogens with zero attached hydrogens (tertiary/aromatic N) is 2. The van der Waals surface area contributed by atoms with Crippen LogP contribution in [-0.4, -0.2) is 28.1 Å². The van der Waals surface area contributed by atoms with Crippen LogP contribution in [0.15, 0.2) is 18.2 Å². The normalized spacial score (nSPS) is 18.1. The maximum Gasteiger partial charge on any atom is 0.410 e. The Bertz CT molecular complexity index is 578. The highest BCUT2D eigenvalue weighted by molar-refractivity contribution is 5.69. The Morgan fingerprint density at radius 2 is 2.10 bits per heavy atom. The molecule has 0 saturated carbocycles. The lowest BCUT2D eigenvalue weighted by Crippen LogP contribution is -2.42. The van der Waals surface area contributed by atoms with Gasteiger partial charge >= 0.3 is 6.09 Å². The predicted molar refractivity (Wildman–Crippen MR) is 78.2 cm³/mol. The van der Waals surface area contributed by atoms with Gasteiger partial charge in [0, 0.05) is 18.7 Å². The molecule has 0 N–H and O–H groups in total. The monoisotopic (exact) mass is 292 g/mol. The van der Waals surface area contributed by atoms with E-state index < -0.39 is 10.5 Å². The molecule has 1 heterocycles. The van der Waals surface area contributed by atoms with Crippen molar-refractivity contribution in [2.75, 3.05) is 6.54 Å². The molecule has 1 aromatic rings. The molecule has 0 bridgehead atoms. The second-order valence-electron chi connectivity index (χ2n) is 6.24. The first-order valence-electron chi connectivity index (χ1n) is 6.96. The van der Waals surface area contributed by atoms with E-state index >= 15 is 0 Å². The lowest BCUT2D eigenvalue weighted by atomic mass is 9.93. The van der Waals surface area contributed by atoms with E-state index in [0.717, 1.165) is 11.1 Å². The molecule has 1 aromatic carbocycles. The smallest absolute Gasteiger partial charge is 0.410 e. The molecule has 0 radical (unpaired) electrons. The van der Waals surface area contributed by atoms with Crippen molar-refractivity contribution in [3.63, 3.8) is 0 Å². The molecule has 1 unspecified atom stereocenters. The predicted octanol–water partition coefficient (Wildman–Crippen LogP) is 3.45. The van der Waals surface area contributed by atoms with E-state index in [1.54, 1.807) is 17.0 Å². The molecule has 1 amide bonds. The van der Waals surface area contributed by atoms with Crippen molar-refractivity contribution >= 4 is 11.8 Å². The summed E-state index contributed by atoms with van der Waals surface area (Å²) < 4.78 is 5.39. The Morgan fingerprint density at radius 3 is 2.67 bits per heavy atom. The van der Waals surface area contributed by atoms with Crippen molar-refractivity contribution in [1.82, 2.24) is 4.90 Å². The van der Waals surface area contributed by atoms with Crippen LogP contribution >= 0.6 is 0 Å². The van der Waals surface area contributed by atoms with Crippen molar-refractivity contribution in [2.24, 2.45) is 0 Å². The fraction of sp³-hybridized carbons (Fsp3) is 0.533. The quantitative estimate of drug-likeness (QED) is 0.587. The largest absolute Gasteiger partial charge is 0.444 e. The van der Waals surface area contributed by atoms with Crippen molar-refractivity contribution in [2.45, 2.75) is 45.8 Å². The standard InChI is InChI=1S/C15H20N2O4/c1-10-13-9-12(17(19)20)6-5-11(13)7-8-16(10)14(18)21-15(2,3)4/h5-6,9-10H,7-8H2,1-4H3. The van der Waals surface area contributed by atoms with E-state index in [-0.39, 0.29) is 17.8 Å². The molecule has 0 spiro atoms. The second-order valence-corrected chi connectivity index (χ2v) is 6.24. The summed E-state index contributed by atoms with van der Waals surface area (Å²) in [5, 5.41) is 10.9. The Balaban J connectivity index is 2.26. The molecule has 0 fully saturated rings. The summed E-state index contributed by atoms with van der Waals surface area (Å²) in [7, 11) is 0. The molecule has 1 aliphatic heterocycles. The van der Waals surface area contributed by atoms with E-state index in [1.165, 1.54) is 6.07 Å². The van der Waals surface area contributed by atoms with Gasteiger partial charge in [0.2, 0.25) is 0 Å². The Kier molecular flexibility index (Phi) is 3.89. The average molecular weight is 292 g/mol. The number of fused-ring (bicyclic) bond motifs is 1. The van der Waals surface area contributed by atoms with Crippen molar-refractivity contribution in [3.8, 4) is 0 Å². The molecule has 6 nitrogen and oxygen atoms in total. The number of benzene rings is 1. The number of amides is 1. The first-order valence-corrected chi connectivity index (χ1v) is 6.96. The number of nitro benzene ring substituents is 1. The van der Waals surface area contributed by atoms with Crippen molar-refractivity contribution in [1.29, 1.82) is 0 Å². The van der Waals surface area contributed by atoms with Gasteiger partial charge in [-0.2, -0.15) is 0 Å². The summed E-state index contributed by atoms with van der Waals surface area (Å²) >= 11 is 0. The first-order chi connectivity index (χ1) is 9.69. The third-order valence-corrected chi connectivity index (χ3v) is 3.51. The number of carbonyl (C=O) groups is 1. The lowest BCUT2D eigenvalue weighted by Gasteiger charge is -2.36. The second kappa shape index (κ2) is 5.35. The van der Waals surface area contributed by atoms with Gasteiger partial charge in [-0.15, -0.1) is 0 Å². The van der Waals surface area contributed by atoms with E-state index in [1.807, 2.05) is 27.7 Å². The van der Waals surface area contributed by atoms with Crippen LogP contribution in [0.25, 0.3) is 0 Å². The molecular weight excluding hydrogens is 272 g/mol. The summed E-state index contributed by atoms with van der Waals surface area (Å²) in [6.07, 6.45) is 0.295. The highest BCUT2D eigenvalue weighted by Crippen LogP contribution is 2.32. The van der Waals surface area contributed by atoms with Crippen LogP contribution in [0.2, 0.25) is 0 Å². The van der Waals surface area contributed by atoms with Crippen LogP contribution in [0.5, 0.6) is 0 Å². The zero-order valence-electron chi connectivity index (χ0n) is 12.8. The SMILES string of the molecule is CC1c2cc([N+](=O)[O-])ccc2CCN1C(=O)OC(C)(C)C. The zero-order chi connectivity index (χ0) is 15.8. The minimum absolute atomic E-state index is 0.0478. The minimum atomic E-state index is -0.556. The number of ether oxygens (including phenoxy) is 1. The maximum absolute atomic E-state index is 12.2. The van der Waals surface area contributed by atoms with Gasteiger partial charge in [-0.3, -0.25) is 10.1 Å². The minimum Gasteiger partial charge on any atom is -0.444 e. The highest BCUT2D eigenvalue weighted by Gasteiger charge is 2.31. The molecule has 1 atom stereocenters. The van der Waals surface area contributed by atoms with Gasteiger partial charge in [0.25, 0.3) is 5.69 Å². The van der Waals surface area contributed by atoms with Crippen LogP contribution in [0.3, 0.4) is 0 Å². The Morgan fingerprint density at radius 1 is 1.43 bits per heavy atom. The number of nitro groups is 1. The maximum atomic E-state index is 12.2. The Hall–Kier alpha value is -2.11. The lowest BCUT2D eigenvalue weighted by molar-refractivity contribution is -0.385. The molecule has 0 aliphatic carbocycles. The van der Waals surface area contributed by atoms with E-state index in [2.05, 4.69) is 0 Å². The summed E-state index contributed by atoms with van der Waals surface area (Å²) in [6, 6.07) is 4.60. The van der Waals surface area contributed by atoms with Gasteiger partial charge in [0.05, 0.1) is 11.0 Å². The highest BCUT2D eigenvalue weighted by atomic mass is 16.6. The number of non-ortho nitro benzene ring substituents is 1. The molecule has 21 heavy (non-hydrogen) atoms. The van der Waals surface area contributed by atoms with Gasteiger partial charge in [0.1, 0.15) is 5.60 Å². The molecule has 0 aromatic heterocycles. The van der Waals surface area contributed by atoms with Gasteiger partial charge in [0.15, 0.2) is 0 Å². The van der Waals surface area contributed by atoms with Gasteiger partial charge in [-0.1, -0.05) is 6.07 Å². The van der Waals surface area contributed by atoms with Crippen molar-refractivity contribution in [3.05, 3.63) is 39.4 Å².